The van der Waals surface area contributed by atoms with Crippen LogP contribution in [0.1, 0.15) is 33.2 Å². The maximum atomic E-state index is 7.91. The molecule has 0 amide bonds. The van der Waals surface area contributed by atoms with Crippen molar-refractivity contribution in [1.29, 1.82) is 0 Å². The van der Waals surface area contributed by atoms with E-state index in [4.69, 9.17) is 11.6 Å². The summed E-state index contributed by atoms with van der Waals surface area (Å²) in [4.78, 5) is 0. The quantitative estimate of drug-likeness (QED) is 0.723. The summed E-state index contributed by atoms with van der Waals surface area (Å²) in [5, 5.41) is 0. The minimum atomic E-state index is -0.425. The Morgan fingerprint density at radius 2 is 1.65 bits per heavy atom. The van der Waals surface area contributed by atoms with E-state index in [2.05, 4.69) is 0 Å². The zero-order valence-corrected chi connectivity index (χ0v) is 10.2. The number of rotatable bonds is 2. The van der Waals surface area contributed by atoms with Gasteiger partial charge in [-0.1, -0.05) is 57.1 Å². The Morgan fingerprint density at radius 3 is 2.29 bits per heavy atom. The molecule has 0 atom stereocenters. The summed E-state index contributed by atoms with van der Waals surface area (Å²) < 4.78 is 44.5. The van der Waals surface area contributed by atoms with Crippen LogP contribution in [0.25, 0.3) is 0 Å². The Hall–Kier alpha value is -1.76. The van der Waals surface area contributed by atoms with Gasteiger partial charge in [-0.25, -0.2) is 0 Å². The van der Waals surface area contributed by atoms with E-state index in [1.165, 1.54) is 0 Å². The van der Waals surface area contributed by atoms with Crippen molar-refractivity contribution in [1.82, 2.24) is 0 Å². The number of para-hydroxylation sites is 2. The molecule has 0 bridgehead atoms. The van der Waals surface area contributed by atoms with Crippen molar-refractivity contribution in [2.75, 3.05) is 0 Å². The van der Waals surface area contributed by atoms with Gasteiger partial charge in [0.25, 0.3) is 0 Å². The largest absolute Gasteiger partial charge is 0.457 e. The molecule has 0 N–H and O–H groups in total. The molecule has 0 saturated heterocycles. The molecule has 0 spiro atoms. The fourth-order valence-corrected chi connectivity index (χ4v) is 1.57. The van der Waals surface area contributed by atoms with Gasteiger partial charge in [0.1, 0.15) is 11.5 Å². The maximum Gasteiger partial charge on any atom is 0.131 e. The zero-order chi connectivity index (χ0) is 16.7. The summed E-state index contributed by atoms with van der Waals surface area (Å²) in [5.74, 6) is 0.344. The molecule has 0 heterocycles. The Morgan fingerprint density at radius 1 is 1.00 bits per heavy atom. The van der Waals surface area contributed by atoms with Crippen LogP contribution in [0.3, 0.4) is 0 Å². The Labute approximate surface area is 110 Å². The molecule has 2 aromatic carbocycles. The zero-order valence-electron chi connectivity index (χ0n) is 15.2. The fraction of sp³-hybridized carbons (Fsp3) is 0.250. The van der Waals surface area contributed by atoms with Crippen LogP contribution in [-0.2, 0) is 5.41 Å². The summed E-state index contributed by atoms with van der Waals surface area (Å²) in [6.07, 6.45) is 0. The molecule has 0 saturated carbocycles. The molecule has 1 heteroatoms. The molecule has 88 valence electrons. The van der Waals surface area contributed by atoms with Gasteiger partial charge in [-0.05, 0) is 23.6 Å². The molecule has 0 radical (unpaired) electrons. The van der Waals surface area contributed by atoms with Crippen molar-refractivity contribution >= 4 is 0 Å². The van der Waals surface area contributed by atoms with E-state index in [-0.39, 0.29) is 23.2 Å². The van der Waals surface area contributed by atoms with Crippen LogP contribution < -0.4 is 4.74 Å². The highest BCUT2D eigenvalue weighted by Crippen LogP contribution is 2.33. The van der Waals surface area contributed by atoms with Crippen molar-refractivity contribution in [3.8, 4) is 11.5 Å². The van der Waals surface area contributed by atoms with Gasteiger partial charge in [0.15, 0.2) is 0 Å². The van der Waals surface area contributed by atoms with Gasteiger partial charge in [-0.2, -0.15) is 0 Å². The first-order valence-corrected chi connectivity index (χ1v) is 5.49. The predicted octanol–water partition coefficient (Wildman–Crippen LogP) is 4.78. The van der Waals surface area contributed by atoms with Gasteiger partial charge < -0.3 is 4.74 Å². The van der Waals surface area contributed by atoms with Crippen molar-refractivity contribution < 1.29 is 11.6 Å². The average Bonchev–Trinajstić information content (AvgIpc) is 2.47. The first kappa shape index (κ1) is 6.85. The third-order valence-corrected chi connectivity index (χ3v) is 2.38. The highest BCUT2D eigenvalue weighted by Gasteiger charge is 2.18. The second-order valence-corrected chi connectivity index (χ2v) is 4.80. The van der Waals surface area contributed by atoms with Gasteiger partial charge in [-0.3, -0.25) is 0 Å². The maximum absolute atomic E-state index is 7.91. The lowest BCUT2D eigenvalue weighted by Crippen LogP contribution is -2.12. The summed E-state index contributed by atoms with van der Waals surface area (Å²) in [7, 11) is 0. The fourth-order valence-electron chi connectivity index (χ4n) is 1.57. The molecule has 0 aliphatic rings. The monoisotopic (exact) mass is 231 g/mol. The Bertz CT molecular complexity index is 690. The van der Waals surface area contributed by atoms with Crippen molar-refractivity contribution in [3.05, 3.63) is 60.0 Å². The highest BCUT2D eigenvalue weighted by molar-refractivity contribution is 5.41. The molecule has 0 aromatic heterocycles. The smallest absolute Gasteiger partial charge is 0.131 e. The Kier molecular flexibility index (Phi) is 1.86. The highest BCUT2D eigenvalue weighted by atomic mass is 16.5. The van der Waals surface area contributed by atoms with E-state index in [1.54, 1.807) is 12.1 Å². The molecule has 0 aliphatic heterocycles. The summed E-state index contributed by atoms with van der Waals surface area (Å²) in [5.41, 5.74) is 0.714. The molecule has 2 rings (SSSR count). The third kappa shape index (κ3) is 2.88. The van der Waals surface area contributed by atoms with E-state index in [9.17, 15) is 0 Å². The first-order valence-electron chi connectivity index (χ1n) is 7.99. The summed E-state index contributed by atoms with van der Waals surface area (Å²) in [6, 6.07) is 5.42. The van der Waals surface area contributed by atoms with Crippen molar-refractivity contribution in [2.45, 2.75) is 26.2 Å². The molecular weight excluding hydrogens is 208 g/mol. The normalized spacial score (nSPS) is 15.4. The molecule has 17 heavy (non-hydrogen) atoms. The second kappa shape index (κ2) is 4.62. The molecule has 0 fully saturated rings. The minimum Gasteiger partial charge on any atom is -0.457 e. The lowest BCUT2D eigenvalue weighted by atomic mass is 9.86. The van der Waals surface area contributed by atoms with Crippen LogP contribution in [0.4, 0.5) is 0 Å². The summed E-state index contributed by atoms with van der Waals surface area (Å²) in [6.45, 7) is 6.07. The third-order valence-electron chi connectivity index (χ3n) is 2.38. The van der Waals surface area contributed by atoms with Crippen LogP contribution in [0.5, 0.6) is 11.5 Å². The van der Waals surface area contributed by atoms with Gasteiger partial charge in [0, 0.05) is 5.56 Å². The predicted molar refractivity (Wildman–Crippen MR) is 71.7 cm³/mol. The van der Waals surface area contributed by atoms with Crippen LogP contribution >= 0.6 is 0 Å². The van der Waals surface area contributed by atoms with E-state index in [0.717, 1.165) is 5.56 Å². The van der Waals surface area contributed by atoms with Crippen LogP contribution in [0, 0.1) is 0 Å². The number of ether oxygens (including phenoxy) is 1. The standard InChI is InChI=1S/C16H18O/c1-16(2,3)14-11-7-8-12-15(14)17-13-9-5-4-6-10-13/h4-12H,1-3H3/i4D,5D,6D,9D,10D. The van der Waals surface area contributed by atoms with E-state index < -0.39 is 18.1 Å². The average molecular weight is 231 g/mol. The summed E-state index contributed by atoms with van der Waals surface area (Å²) >= 11 is 0. The molecular formula is C16H18O. The number of hydrogen-bond acceptors (Lipinski definition) is 1. The van der Waals surface area contributed by atoms with Crippen LogP contribution in [0.15, 0.2) is 54.5 Å². The van der Waals surface area contributed by atoms with Gasteiger partial charge in [0.05, 0.1) is 6.85 Å². The molecule has 1 nitrogen and oxygen atoms in total. The van der Waals surface area contributed by atoms with Gasteiger partial charge in [-0.15, -0.1) is 0 Å². The molecule has 0 unspecified atom stereocenters. The van der Waals surface area contributed by atoms with E-state index >= 15 is 0 Å². The minimum absolute atomic E-state index is 0.150. The lowest BCUT2D eigenvalue weighted by molar-refractivity contribution is 0.455. The Balaban J connectivity index is 2.59. The van der Waals surface area contributed by atoms with Crippen molar-refractivity contribution in [2.24, 2.45) is 0 Å². The number of hydrogen-bond donors (Lipinski definition) is 0. The second-order valence-electron chi connectivity index (χ2n) is 4.80. The SMILES string of the molecule is [2H]c1c([2H])c([2H])c(Oc2ccccc2C(C)(C)C)c([2H])c1[2H]. The topological polar surface area (TPSA) is 9.23 Å². The van der Waals surface area contributed by atoms with Gasteiger partial charge in [0.2, 0.25) is 0 Å². The first-order chi connectivity index (χ1) is 10.1. The lowest BCUT2D eigenvalue weighted by Gasteiger charge is -2.22. The molecule has 2 aromatic rings. The van der Waals surface area contributed by atoms with Crippen molar-refractivity contribution in [3.63, 3.8) is 0 Å². The molecule has 0 aliphatic carbocycles. The van der Waals surface area contributed by atoms with E-state index in [1.807, 2.05) is 32.9 Å². The van der Waals surface area contributed by atoms with E-state index in [0.29, 0.717) is 5.75 Å². The number of benzene rings is 2. The van der Waals surface area contributed by atoms with Gasteiger partial charge >= 0.3 is 0 Å². The van der Waals surface area contributed by atoms with Crippen LogP contribution in [0.2, 0.25) is 0 Å². The van der Waals surface area contributed by atoms with Crippen LogP contribution in [-0.4, -0.2) is 0 Å².